The number of aliphatic imine (C=N–C) groups is 1. The lowest BCUT2D eigenvalue weighted by molar-refractivity contribution is -0.140. The van der Waals surface area contributed by atoms with Crippen molar-refractivity contribution in [3.63, 3.8) is 0 Å². The molecule has 1 aliphatic carbocycles. The van der Waals surface area contributed by atoms with E-state index >= 15 is 0 Å². The zero-order valence-corrected chi connectivity index (χ0v) is 35.2. The summed E-state index contributed by atoms with van der Waals surface area (Å²) in [5.74, 6) is -6.33. The Kier molecular flexibility index (Phi) is 13.5. The molecule has 1 aromatic carbocycles. The van der Waals surface area contributed by atoms with E-state index in [-0.39, 0.29) is 76.6 Å². The Morgan fingerprint density at radius 2 is 1.76 bits per heavy atom. The quantitative estimate of drug-likeness (QED) is 0.106. The number of halogens is 2. The van der Waals surface area contributed by atoms with Crippen molar-refractivity contribution in [2.24, 2.45) is 10.9 Å². The maximum absolute atomic E-state index is 15.0. The number of aromatic hydroxyl groups is 1. The molecule has 1 unspecified atom stereocenters. The first kappa shape index (κ1) is 44.1. The Bertz CT molecular complexity index is 2130. The number of phenols is 1. The Labute approximate surface area is 359 Å². The maximum Gasteiger partial charge on any atom is 0.342 e. The highest BCUT2D eigenvalue weighted by molar-refractivity contribution is 6.15. The molecule has 19 heteroatoms. The summed E-state index contributed by atoms with van der Waals surface area (Å²) in [5, 5.41) is 19.3. The summed E-state index contributed by atoms with van der Waals surface area (Å²) in [7, 11) is 2.92. The fourth-order valence-electron chi connectivity index (χ4n) is 8.91. The third-order valence-corrected chi connectivity index (χ3v) is 12.6. The second-order valence-electron chi connectivity index (χ2n) is 16.5. The number of nitrogens with zero attached hydrogens (tertiary/aromatic N) is 8. The van der Waals surface area contributed by atoms with E-state index < -0.39 is 24.3 Å². The van der Waals surface area contributed by atoms with Gasteiger partial charge in [-0.2, -0.15) is 13.8 Å². The van der Waals surface area contributed by atoms with E-state index in [1.165, 1.54) is 30.3 Å². The Morgan fingerprint density at radius 1 is 1.03 bits per heavy atom. The lowest BCUT2D eigenvalue weighted by Crippen LogP contribution is -2.48. The van der Waals surface area contributed by atoms with Crippen LogP contribution in [-0.2, 0) is 19.2 Å². The number of rotatable bonds is 12. The topological polar surface area (TPSA) is 196 Å². The predicted molar refractivity (Wildman–Crippen MR) is 229 cm³/mol. The zero-order valence-electron chi connectivity index (χ0n) is 35.2. The number of allylic oxidation sites excluding steroid dienone is 2. The van der Waals surface area contributed by atoms with Gasteiger partial charge in [-0.05, 0) is 62.5 Å². The molecule has 7 rings (SSSR count). The van der Waals surface area contributed by atoms with Gasteiger partial charge in [-0.25, -0.2) is 4.98 Å². The van der Waals surface area contributed by atoms with Gasteiger partial charge in [-0.3, -0.25) is 39.2 Å². The molecule has 62 heavy (non-hydrogen) atoms. The molecule has 1 saturated carbocycles. The number of hydrogen-bond acceptors (Lipinski definition) is 13. The number of anilines is 4. The van der Waals surface area contributed by atoms with Crippen LogP contribution in [0.3, 0.4) is 0 Å². The van der Waals surface area contributed by atoms with Crippen LogP contribution in [0.1, 0.15) is 68.1 Å². The molecule has 0 spiro atoms. The zero-order chi connectivity index (χ0) is 44.1. The Morgan fingerprint density at radius 3 is 2.42 bits per heavy atom. The van der Waals surface area contributed by atoms with E-state index in [4.69, 9.17) is 0 Å². The number of piperidine rings is 2. The average Bonchev–Trinajstić information content (AvgIpc) is 3.79. The molecule has 1 atom stereocenters. The third-order valence-electron chi connectivity index (χ3n) is 12.6. The molecule has 0 radical (unpaired) electrons. The number of alkyl halides is 2. The van der Waals surface area contributed by atoms with Crippen LogP contribution < -0.4 is 25.8 Å². The Hall–Kier alpha value is -5.98. The highest BCUT2D eigenvalue weighted by Gasteiger charge is 2.49. The first-order valence-corrected chi connectivity index (χ1v) is 21.3. The van der Waals surface area contributed by atoms with Crippen LogP contribution in [0.25, 0.3) is 0 Å². The molecule has 4 fully saturated rings. The van der Waals surface area contributed by atoms with Crippen molar-refractivity contribution in [3.8, 4) is 5.75 Å². The largest absolute Gasteiger partial charge is 0.506 e. The molecule has 4 aliphatic heterocycles. The van der Waals surface area contributed by atoms with Crippen molar-refractivity contribution in [1.82, 2.24) is 35.3 Å². The van der Waals surface area contributed by atoms with Gasteiger partial charge in [-0.1, -0.05) is 19.4 Å². The van der Waals surface area contributed by atoms with Crippen LogP contribution in [0.4, 0.5) is 31.9 Å². The smallest absolute Gasteiger partial charge is 0.342 e. The molecule has 5 heterocycles. The number of imide groups is 1. The number of benzene rings is 1. The number of carbonyl (C=O) groups is 5. The molecule has 1 aromatic heterocycles. The summed E-state index contributed by atoms with van der Waals surface area (Å²) in [6.45, 7) is 7.76. The molecule has 332 valence electrons. The highest BCUT2D eigenvalue weighted by Crippen LogP contribution is 2.40. The average molecular weight is 860 g/mol. The van der Waals surface area contributed by atoms with Gasteiger partial charge < -0.3 is 35.3 Å². The summed E-state index contributed by atoms with van der Waals surface area (Å²) in [5.41, 5.74) is 2.07. The van der Waals surface area contributed by atoms with E-state index in [0.717, 1.165) is 49.6 Å². The fraction of sp³-hybridized carbons (Fsp3) is 0.535. The number of phenolic OH excluding ortho intramolecular Hbond substituents is 1. The normalized spacial score (nSPS) is 22.0. The number of hydrogen-bond donors (Lipinski definition) is 4. The van der Waals surface area contributed by atoms with Gasteiger partial charge >= 0.3 is 5.92 Å². The standard InChI is InChI=1S/C43H55F2N11O6/c1-4-29(24-33(46-2)31-10-12-36(58)50-40(31)61)54-21-19-53(20-22-54)16-15-37(59)55-17-13-28(14-18-55)48-39(60)27-9-11-32(35(57)23-27)49-42-47-25-34-38(51-42)56(30-7-5-6-8-30)26-43(44,45)41(62)52(34)3/h4,9,11,23-25,28,30-31,57H,1,5-8,10,12-22,26H2,2-3H3,(H,48,60)(H,47,49,51)(H,50,58,61)/b29-24+,46-33?. The molecule has 2 aromatic rings. The van der Waals surface area contributed by atoms with Crippen LogP contribution in [-0.4, -0.2) is 149 Å². The van der Waals surface area contributed by atoms with Crippen LogP contribution in [0.5, 0.6) is 5.75 Å². The van der Waals surface area contributed by atoms with E-state index in [1.807, 2.05) is 11.0 Å². The number of carbonyl (C=O) groups excluding carboxylic acids is 5. The predicted octanol–water partition coefficient (Wildman–Crippen LogP) is 3.21. The fourth-order valence-corrected chi connectivity index (χ4v) is 8.91. The van der Waals surface area contributed by atoms with Gasteiger partial charge in [0.25, 0.3) is 11.8 Å². The van der Waals surface area contributed by atoms with E-state index in [1.54, 1.807) is 19.2 Å². The van der Waals surface area contributed by atoms with Gasteiger partial charge in [0, 0.05) is 102 Å². The van der Waals surface area contributed by atoms with Crippen molar-refractivity contribution >= 4 is 58.4 Å². The molecule has 0 bridgehead atoms. The van der Waals surface area contributed by atoms with Crippen LogP contribution in [0, 0.1) is 5.92 Å². The van der Waals surface area contributed by atoms with Crippen LogP contribution >= 0.6 is 0 Å². The molecule has 5 aliphatic rings. The van der Waals surface area contributed by atoms with Gasteiger partial charge in [0.15, 0.2) is 5.82 Å². The minimum Gasteiger partial charge on any atom is -0.506 e. The van der Waals surface area contributed by atoms with Crippen LogP contribution in [0.15, 0.2) is 53.8 Å². The van der Waals surface area contributed by atoms with Crippen LogP contribution in [0.2, 0.25) is 0 Å². The minimum atomic E-state index is -3.61. The van der Waals surface area contributed by atoms with E-state index in [2.05, 4.69) is 47.3 Å². The van der Waals surface area contributed by atoms with E-state index in [9.17, 15) is 37.9 Å². The molecule has 4 N–H and O–H groups in total. The molecule has 17 nitrogen and oxygen atoms in total. The molecular formula is C43H55F2N11O6. The monoisotopic (exact) mass is 859 g/mol. The van der Waals surface area contributed by atoms with Crippen molar-refractivity contribution in [2.45, 2.75) is 75.8 Å². The number of aromatic nitrogens is 2. The summed E-state index contributed by atoms with van der Waals surface area (Å²) in [4.78, 5) is 84.9. The molecular weight excluding hydrogens is 805 g/mol. The third kappa shape index (κ3) is 9.87. The highest BCUT2D eigenvalue weighted by atomic mass is 19.3. The van der Waals surface area contributed by atoms with Crippen molar-refractivity contribution in [1.29, 1.82) is 0 Å². The second-order valence-corrected chi connectivity index (χ2v) is 16.5. The SMILES string of the molecule is C=C/C(=C\C(=NC)C1CCC(=O)NC1=O)N1CCN(CCC(=O)N2CCC(NC(=O)c3ccc(Nc4ncc5c(n4)N(C4CCCC4)CC(F)(F)C(=O)N5C)c(O)c3)CC2)CC1. The number of fused-ring (bicyclic) bond motifs is 1. The summed E-state index contributed by atoms with van der Waals surface area (Å²) < 4.78 is 30.0. The summed E-state index contributed by atoms with van der Waals surface area (Å²) in [6.07, 6.45) is 10.4. The first-order chi connectivity index (χ1) is 29.7. The van der Waals surface area contributed by atoms with Gasteiger partial charge in [-0.15, -0.1) is 0 Å². The van der Waals surface area contributed by atoms with Gasteiger partial charge in [0.05, 0.1) is 24.3 Å². The van der Waals surface area contributed by atoms with Crippen molar-refractivity contribution < 1.29 is 37.9 Å². The summed E-state index contributed by atoms with van der Waals surface area (Å²) in [6, 6.07) is 4.02. The van der Waals surface area contributed by atoms with Gasteiger partial charge in [0.1, 0.15) is 11.4 Å². The number of piperazine rings is 1. The lowest BCUT2D eigenvalue weighted by atomic mass is 9.92. The van der Waals surface area contributed by atoms with Gasteiger partial charge in [0.2, 0.25) is 23.7 Å². The summed E-state index contributed by atoms with van der Waals surface area (Å²) >= 11 is 0. The maximum atomic E-state index is 15.0. The Balaban J connectivity index is 0.863. The molecule has 5 amide bonds. The van der Waals surface area contributed by atoms with Crippen molar-refractivity contribution in [3.05, 3.63) is 54.4 Å². The molecule has 3 saturated heterocycles. The second kappa shape index (κ2) is 19.0. The minimum absolute atomic E-state index is 0.0332. The van der Waals surface area contributed by atoms with E-state index in [0.29, 0.717) is 63.9 Å². The lowest BCUT2D eigenvalue weighted by Gasteiger charge is -2.37. The number of amides is 5. The first-order valence-electron chi connectivity index (χ1n) is 21.3. The van der Waals surface area contributed by atoms with Crippen molar-refractivity contribution in [2.75, 3.05) is 81.6 Å². The number of likely N-dealkylation sites (tertiary alicyclic amines) is 1. The number of nitrogens with one attached hydrogen (secondary N) is 3.